The van der Waals surface area contributed by atoms with E-state index < -0.39 is 5.97 Å². The van der Waals surface area contributed by atoms with Gasteiger partial charge in [-0.1, -0.05) is 5.21 Å². The Bertz CT molecular complexity index is 615. The minimum Gasteiger partial charge on any atom is -0.481 e. The second-order valence-electron chi connectivity index (χ2n) is 3.62. The predicted molar refractivity (Wildman–Crippen MR) is 57.4 cm³/mol. The van der Waals surface area contributed by atoms with E-state index in [2.05, 4.69) is 15.4 Å². The molecule has 0 spiro atoms. The molecular weight excluding hydrogens is 226 g/mol. The van der Waals surface area contributed by atoms with Crippen LogP contribution in [-0.2, 0) is 18.4 Å². The number of hydrogen-bond donors (Lipinski definition) is 1. The largest absolute Gasteiger partial charge is 0.481 e. The molecule has 0 aliphatic rings. The van der Waals surface area contributed by atoms with Crippen molar-refractivity contribution in [2.24, 2.45) is 7.05 Å². The SMILES string of the molecule is Cn1ncc2c(=O)n(CCCC(=O)O)nnc21. The number of aliphatic carboxylic acids is 1. The van der Waals surface area contributed by atoms with Crippen molar-refractivity contribution in [3.05, 3.63) is 16.6 Å². The van der Waals surface area contributed by atoms with E-state index in [9.17, 15) is 9.59 Å². The number of carbonyl (C=O) groups is 1. The van der Waals surface area contributed by atoms with Crippen molar-refractivity contribution >= 4 is 17.0 Å². The van der Waals surface area contributed by atoms with E-state index in [4.69, 9.17) is 5.11 Å². The highest BCUT2D eigenvalue weighted by Gasteiger charge is 2.09. The zero-order valence-electron chi connectivity index (χ0n) is 9.20. The molecule has 0 saturated heterocycles. The van der Waals surface area contributed by atoms with Gasteiger partial charge in [-0.25, -0.2) is 9.36 Å². The third-order valence-electron chi connectivity index (χ3n) is 2.38. The van der Waals surface area contributed by atoms with Gasteiger partial charge >= 0.3 is 5.97 Å². The zero-order chi connectivity index (χ0) is 12.4. The van der Waals surface area contributed by atoms with Crippen molar-refractivity contribution < 1.29 is 9.90 Å². The molecule has 0 amide bonds. The molecule has 90 valence electrons. The quantitative estimate of drug-likeness (QED) is 0.760. The standard InChI is InChI=1S/C9H11N5O3/c1-13-8-6(5-10-13)9(17)14(12-11-8)4-2-3-7(15)16/h5H,2-4H2,1H3,(H,15,16). The number of aryl methyl sites for hydroxylation is 2. The summed E-state index contributed by atoms with van der Waals surface area (Å²) < 4.78 is 2.62. The van der Waals surface area contributed by atoms with E-state index >= 15 is 0 Å². The third kappa shape index (κ3) is 2.14. The Morgan fingerprint density at radius 1 is 1.53 bits per heavy atom. The lowest BCUT2D eigenvalue weighted by molar-refractivity contribution is -0.137. The van der Waals surface area contributed by atoms with Crippen LogP contribution < -0.4 is 5.56 Å². The lowest BCUT2D eigenvalue weighted by Crippen LogP contribution is -2.24. The van der Waals surface area contributed by atoms with Crippen LogP contribution in [0.3, 0.4) is 0 Å². The summed E-state index contributed by atoms with van der Waals surface area (Å²) in [5.74, 6) is -0.895. The lowest BCUT2D eigenvalue weighted by atomic mass is 10.3. The Morgan fingerprint density at radius 2 is 2.29 bits per heavy atom. The van der Waals surface area contributed by atoms with E-state index in [-0.39, 0.29) is 18.5 Å². The van der Waals surface area contributed by atoms with E-state index in [0.29, 0.717) is 17.5 Å². The highest BCUT2D eigenvalue weighted by molar-refractivity contribution is 5.72. The Labute approximate surface area is 95.5 Å². The maximum absolute atomic E-state index is 11.9. The fourth-order valence-electron chi connectivity index (χ4n) is 1.50. The van der Waals surface area contributed by atoms with E-state index in [1.54, 1.807) is 7.05 Å². The molecule has 0 radical (unpaired) electrons. The first-order chi connectivity index (χ1) is 8.09. The van der Waals surface area contributed by atoms with Crippen LogP contribution in [0, 0.1) is 0 Å². The second kappa shape index (κ2) is 4.32. The van der Waals surface area contributed by atoms with Gasteiger partial charge in [0.2, 0.25) is 0 Å². The van der Waals surface area contributed by atoms with Gasteiger partial charge in [0.1, 0.15) is 5.39 Å². The van der Waals surface area contributed by atoms with E-state index in [1.165, 1.54) is 10.9 Å². The van der Waals surface area contributed by atoms with Crippen LogP contribution in [0.15, 0.2) is 11.0 Å². The van der Waals surface area contributed by atoms with Crippen LogP contribution in [0.25, 0.3) is 11.0 Å². The molecule has 0 unspecified atom stereocenters. The molecule has 8 heteroatoms. The van der Waals surface area contributed by atoms with E-state index in [1.807, 2.05) is 0 Å². The minimum atomic E-state index is -0.895. The van der Waals surface area contributed by atoms with Crippen LogP contribution in [0.2, 0.25) is 0 Å². The Hall–Kier alpha value is -2.25. The number of fused-ring (bicyclic) bond motifs is 1. The molecule has 17 heavy (non-hydrogen) atoms. The lowest BCUT2D eigenvalue weighted by Gasteiger charge is -2.01. The first-order valence-electron chi connectivity index (χ1n) is 5.07. The maximum atomic E-state index is 11.9. The Kier molecular flexibility index (Phi) is 2.86. The number of nitrogens with zero attached hydrogens (tertiary/aromatic N) is 5. The van der Waals surface area contributed by atoms with Crippen molar-refractivity contribution in [3.8, 4) is 0 Å². The number of rotatable bonds is 4. The van der Waals surface area contributed by atoms with E-state index in [0.717, 1.165) is 4.68 Å². The summed E-state index contributed by atoms with van der Waals surface area (Å²) in [5.41, 5.74) is 0.123. The Morgan fingerprint density at radius 3 is 3.00 bits per heavy atom. The molecule has 2 rings (SSSR count). The van der Waals surface area contributed by atoms with Crippen molar-refractivity contribution in [1.82, 2.24) is 24.8 Å². The topological polar surface area (TPSA) is 103 Å². The first kappa shape index (κ1) is 11.2. The molecule has 2 heterocycles. The van der Waals surface area contributed by atoms with Gasteiger partial charge in [0.15, 0.2) is 5.65 Å². The molecule has 0 atom stereocenters. The predicted octanol–water partition coefficient (Wildman–Crippen LogP) is -0.610. The van der Waals surface area contributed by atoms with Crippen LogP contribution in [0.5, 0.6) is 0 Å². The molecule has 0 aromatic carbocycles. The van der Waals surface area contributed by atoms with Gasteiger partial charge in [-0.05, 0) is 6.42 Å². The molecule has 0 fully saturated rings. The normalized spacial score (nSPS) is 10.9. The number of carboxylic acid groups (broad SMARTS) is 1. The summed E-state index contributed by atoms with van der Waals surface area (Å²) in [6.07, 6.45) is 1.77. The molecule has 0 saturated carbocycles. The van der Waals surface area contributed by atoms with Gasteiger partial charge in [-0.3, -0.25) is 9.59 Å². The monoisotopic (exact) mass is 237 g/mol. The fourth-order valence-corrected chi connectivity index (χ4v) is 1.50. The number of carboxylic acids is 1. The maximum Gasteiger partial charge on any atom is 0.303 e. The zero-order valence-corrected chi connectivity index (χ0v) is 9.20. The molecule has 1 N–H and O–H groups in total. The number of aromatic nitrogens is 5. The van der Waals surface area contributed by atoms with Crippen molar-refractivity contribution in [2.75, 3.05) is 0 Å². The molecular formula is C9H11N5O3. The average molecular weight is 237 g/mol. The first-order valence-corrected chi connectivity index (χ1v) is 5.07. The van der Waals surface area contributed by atoms with Crippen LogP contribution in [0.4, 0.5) is 0 Å². The highest BCUT2D eigenvalue weighted by atomic mass is 16.4. The van der Waals surface area contributed by atoms with Gasteiger partial charge in [-0.15, -0.1) is 5.10 Å². The highest BCUT2D eigenvalue weighted by Crippen LogP contribution is 2.02. The number of hydrogen-bond acceptors (Lipinski definition) is 5. The molecule has 2 aromatic heterocycles. The van der Waals surface area contributed by atoms with Gasteiger partial charge in [0.25, 0.3) is 5.56 Å². The minimum absolute atomic E-state index is 0.000797. The van der Waals surface area contributed by atoms with Crippen molar-refractivity contribution in [3.63, 3.8) is 0 Å². The van der Waals surface area contributed by atoms with Crippen LogP contribution >= 0.6 is 0 Å². The van der Waals surface area contributed by atoms with Gasteiger partial charge in [-0.2, -0.15) is 5.10 Å². The molecule has 0 aliphatic heterocycles. The van der Waals surface area contributed by atoms with Gasteiger partial charge < -0.3 is 5.11 Å². The van der Waals surface area contributed by atoms with Gasteiger partial charge in [0, 0.05) is 20.0 Å². The average Bonchev–Trinajstić information content (AvgIpc) is 2.64. The summed E-state index contributed by atoms with van der Waals surface area (Å²) in [6.45, 7) is 0.239. The molecule has 2 aromatic rings. The molecule has 0 aliphatic carbocycles. The van der Waals surface area contributed by atoms with Crippen LogP contribution in [-0.4, -0.2) is 35.9 Å². The van der Waals surface area contributed by atoms with Crippen molar-refractivity contribution in [1.29, 1.82) is 0 Å². The summed E-state index contributed by atoms with van der Waals surface area (Å²) in [6, 6.07) is 0. The molecule has 0 bridgehead atoms. The summed E-state index contributed by atoms with van der Waals surface area (Å²) in [7, 11) is 1.67. The van der Waals surface area contributed by atoms with Crippen LogP contribution in [0.1, 0.15) is 12.8 Å². The summed E-state index contributed by atoms with van der Waals surface area (Å²) in [4.78, 5) is 22.2. The van der Waals surface area contributed by atoms with Crippen molar-refractivity contribution in [2.45, 2.75) is 19.4 Å². The summed E-state index contributed by atoms with van der Waals surface area (Å²) >= 11 is 0. The van der Waals surface area contributed by atoms with Gasteiger partial charge in [0.05, 0.1) is 6.20 Å². The third-order valence-corrected chi connectivity index (χ3v) is 2.38. The Balaban J connectivity index is 2.27. The molecule has 8 nitrogen and oxygen atoms in total. The summed E-state index contributed by atoms with van der Waals surface area (Å²) in [5, 5.41) is 20.4. The smallest absolute Gasteiger partial charge is 0.303 e. The second-order valence-corrected chi connectivity index (χ2v) is 3.62. The fraction of sp³-hybridized carbons (Fsp3) is 0.444.